The van der Waals surface area contributed by atoms with E-state index in [1.54, 1.807) is 46.9 Å². The molecule has 0 atom stereocenters. The van der Waals surface area contributed by atoms with E-state index in [1.807, 2.05) is 26.8 Å². The molecule has 188 valence electrons. The van der Waals surface area contributed by atoms with Crippen LogP contribution in [-0.2, 0) is 4.74 Å². The second kappa shape index (κ2) is 9.04. The summed E-state index contributed by atoms with van der Waals surface area (Å²) in [6, 6.07) is 6.62. The maximum atomic E-state index is 15.4. The summed E-state index contributed by atoms with van der Waals surface area (Å²) in [4.78, 5) is 22.6. The highest BCUT2D eigenvalue weighted by molar-refractivity contribution is 5.94. The van der Waals surface area contributed by atoms with E-state index >= 15 is 4.39 Å². The van der Waals surface area contributed by atoms with Crippen molar-refractivity contribution in [2.45, 2.75) is 52.1 Å². The molecule has 1 aliphatic rings. The van der Waals surface area contributed by atoms with Gasteiger partial charge in [-0.05, 0) is 69.5 Å². The molecule has 9 heteroatoms. The van der Waals surface area contributed by atoms with Gasteiger partial charge in [-0.15, -0.1) is 0 Å². The molecule has 1 saturated heterocycles. The summed E-state index contributed by atoms with van der Waals surface area (Å²) in [6.07, 6.45) is 6.17. The summed E-state index contributed by atoms with van der Waals surface area (Å²) in [6.45, 7) is 8.46. The lowest BCUT2D eigenvalue weighted by Gasteiger charge is -2.33. The van der Waals surface area contributed by atoms with E-state index in [9.17, 15) is 9.18 Å². The first-order valence-electron chi connectivity index (χ1n) is 12.1. The Bertz CT molecular complexity index is 1450. The minimum absolute atomic E-state index is 0.133. The molecule has 1 fully saturated rings. The molecule has 7 nitrogen and oxygen atoms in total. The number of nitrogens with one attached hydrogen (secondary N) is 1. The van der Waals surface area contributed by atoms with Gasteiger partial charge in [0, 0.05) is 37.7 Å². The van der Waals surface area contributed by atoms with Crippen molar-refractivity contribution in [2.24, 2.45) is 0 Å². The Labute approximate surface area is 208 Å². The fraction of sp³-hybridized carbons (Fsp3) is 0.370. The maximum absolute atomic E-state index is 15.4. The molecule has 1 amide bonds. The summed E-state index contributed by atoms with van der Waals surface area (Å²) in [5.41, 5.74) is 1.73. The quantitative estimate of drug-likeness (QED) is 0.361. The monoisotopic (exact) mass is 493 g/mol. The molecule has 0 unspecified atom stereocenters. The van der Waals surface area contributed by atoms with E-state index < -0.39 is 17.2 Å². The molecule has 1 N–H and O–H groups in total. The number of imidazole rings is 1. The topological polar surface area (TPSA) is 71.8 Å². The SMILES string of the molecule is Cc1cn2cc(Nc3nccc4cc(C5CCN(C(=O)OC(C)(C)C)CC5)cc(F)c34)cc(F)c2n1. The van der Waals surface area contributed by atoms with Gasteiger partial charge < -0.3 is 19.4 Å². The number of carbonyl (C=O) groups is 1. The Hall–Kier alpha value is -3.75. The molecule has 0 spiro atoms. The highest BCUT2D eigenvalue weighted by atomic mass is 19.1. The van der Waals surface area contributed by atoms with Crippen molar-refractivity contribution in [3.05, 3.63) is 65.7 Å². The fourth-order valence-electron chi connectivity index (χ4n) is 4.72. The van der Waals surface area contributed by atoms with Crippen LogP contribution in [0.25, 0.3) is 16.4 Å². The number of ether oxygens (including phenoxy) is 1. The van der Waals surface area contributed by atoms with E-state index in [4.69, 9.17) is 4.74 Å². The standard InChI is InChI=1S/C27H29F2N5O2/c1-16-14-34-15-20(13-22(29)25(34)31-16)32-24-23-18(5-8-30-24)11-19(12-21(23)28)17-6-9-33(10-7-17)26(35)36-27(2,3)4/h5,8,11-15,17H,6-7,9-10H2,1-4H3,(H,30,32). The third kappa shape index (κ3) is 4.82. The van der Waals surface area contributed by atoms with Gasteiger partial charge in [0.05, 0.1) is 16.8 Å². The van der Waals surface area contributed by atoms with Gasteiger partial charge in [0.25, 0.3) is 0 Å². The summed E-state index contributed by atoms with van der Waals surface area (Å²) < 4.78 is 37.0. The van der Waals surface area contributed by atoms with Gasteiger partial charge in [-0.3, -0.25) is 0 Å². The minimum atomic E-state index is -0.537. The van der Waals surface area contributed by atoms with Crippen molar-refractivity contribution in [1.29, 1.82) is 0 Å². The Kier molecular flexibility index (Phi) is 6.02. The lowest BCUT2D eigenvalue weighted by atomic mass is 9.88. The van der Waals surface area contributed by atoms with Crippen molar-refractivity contribution < 1.29 is 18.3 Å². The van der Waals surface area contributed by atoms with Gasteiger partial charge in [0.1, 0.15) is 17.2 Å². The second-order valence-electron chi connectivity index (χ2n) is 10.3. The van der Waals surface area contributed by atoms with Crippen molar-refractivity contribution in [3.8, 4) is 0 Å². The number of aromatic nitrogens is 3. The summed E-state index contributed by atoms with van der Waals surface area (Å²) >= 11 is 0. The molecule has 0 saturated carbocycles. The molecular formula is C27H29F2N5O2. The third-order valence-corrected chi connectivity index (χ3v) is 6.35. The van der Waals surface area contributed by atoms with Crippen LogP contribution in [0.3, 0.4) is 0 Å². The lowest BCUT2D eigenvalue weighted by molar-refractivity contribution is 0.0204. The first-order chi connectivity index (χ1) is 17.1. The molecule has 3 aromatic heterocycles. The molecule has 0 radical (unpaired) electrons. The normalized spacial score (nSPS) is 15.0. The van der Waals surface area contributed by atoms with Crippen LogP contribution < -0.4 is 5.32 Å². The van der Waals surface area contributed by atoms with E-state index in [0.29, 0.717) is 41.1 Å². The van der Waals surface area contributed by atoms with Crippen LogP contribution in [0.15, 0.2) is 42.9 Å². The third-order valence-electron chi connectivity index (χ3n) is 6.35. The highest BCUT2D eigenvalue weighted by Gasteiger charge is 2.28. The lowest BCUT2D eigenvalue weighted by Crippen LogP contribution is -2.41. The van der Waals surface area contributed by atoms with Crippen molar-refractivity contribution >= 4 is 34.0 Å². The van der Waals surface area contributed by atoms with Crippen LogP contribution in [-0.4, -0.2) is 44.1 Å². The molecule has 36 heavy (non-hydrogen) atoms. The van der Waals surface area contributed by atoms with Gasteiger partial charge in [-0.25, -0.2) is 23.5 Å². The van der Waals surface area contributed by atoms with Crippen LogP contribution in [0.5, 0.6) is 0 Å². The van der Waals surface area contributed by atoms with Crippen LogP contribution in [0.4, 0.5) is 25.1 Å². The number of rotatable bonds is 3. The van der Waals surface area contributed by atoms with Crippen LogP contribution in [0, 0.1) is 18.6 Å². The van der Waals surface area contributed by atoms with Crippen LogP contribution in [0.2, 0.25) is 0 Å². The number of nitrogens with zero attached hydrogens (tertiary/aromatic N) is 4. The Morgan fingerprint density at radius 3 is 2.58 bits per heavy atom. The molecule has 0 bridgehead atoms. The van der Waals surface area contributed by atoms with Gasteiger partial charge >= 0.3 is 6.09 Å². The molecule has 5 rings (SSSR count). The van der Waals surface area contributed by atoms with Gasteiger partial charge in [0.2, 0.25) is 0 Å². The van der Waals surface area contributed by atoms with Gasteiger partial charge in [0.15, 0.2) is 11.5 Å². The zero-order valence-electron chi connectivity index (χ0n) is 20.8. The summed E-state index contributed by atoms with van der Waals surface area (Å²) in [7, 11) is 0. The number of fused-ring (bicyclic) bond motifs is 2. The Balaban J connectivity index is 1.37. The van der Waals surface area contributed by atoms with Crippen LogP contribution >= 0.6 is 0 Å². The summed E-state index contributed by atoms with van der Waals surface area (Å²) in [5.74, 6) is -0.429. The molecule has 1 aliphatic heterocycles. The average molecular weight is 494 g/mol. The molecule has 1 aromatic carbocycles. The number of likely N-dealkylation sites (tertiary alicyclic amines) is 1. The number of carbonyl (C=O) groups excluding carboxylic acids is 1. The predicted octanol–water partition coefficient (Wildman–Crippen LogP) is 6.33. The average Bonchev–Trinajstić information content (AvgIpc) is 3.19. The van der Waals surface area contributed by atoms with E-state index in [2.05, 4.69) is 15.3 Å². The number of anilines is 2. The van der Waals surface area contributed by atoms with Crippen molar-refractivity contribution in [2.75, 3.05) is 18.4 Å². The van der Waals surface area contributed by atoms with Crippen molar-refractivity contribution in [3.63, 3.8) is 0 Å². The number of hydrogen-bond donors (Lipinski definition) is 1. The number of benzene rings is 1. The van der Waals surface area contributed by atoms with Gasteiger partial charge in [-0.2, -0.15) is 0 Å². The van der Waals surface area contributed by atoms with E-state index in [0.717, 1.165) is 18.4 Å². The minimum Gasteiger partial charge on any atom is -0.444 e. The number of halogens is 2. The number of hydrogen-bond acceptors (Lipinski definition) is 5. The van der Waals surface area contributed by atoms with Crippen LogP contribution in [0.1, 0.15) is 50.8 Å². The smallest absolute Gasteiger partial charge is 0.410 e. The van der Waals surface area contributed by atoms with Crippen molar-refractivity contribution in [1.82, 2.24) is 19.3 Å². The van der Waals surface area contributed by atoms with Gasteiger partial charge in [-0.1, -0.05) is 6.07 Å². The summed E-state index contributed by atoms with van der Waals surface area (Å²) in [5, 5.41) is 4.12. The molecule has 4 heterocycles. The van der Waals surface area contributed by atoms with E-state index in [1.165, 1.54) is 6.07 Å². The Morgan fingerprint density at radius 2 is 1.86 bits per heavy atom. The highest BCUT2D eigenvalue weighted by Crippen LogP contribution is 2.34. The first-order valence-corrected chi connectivity index (χ1v) is 12.1. The predicted molar refractivity (Wildman–Crippen MR) is 135 cm³/mol. The molecule has 4 aromatic rings. The number of pyridine rings is 2. The molecule has 0 aliphatic carbocycles. The number of piperidine rings is 1. The maximum Gasteiger partial charge on any atom is 0.410 e. The fourth-order valence-corrected chi connectivity index (χ4v) is 4.72. The number of amides is 1. The zero-order chi connectivity index (χ0) is 25.6. The first kappa shape index (κ1) is 24.0. The van der Waals surface area contributed by atoms with E-state index in [-0.39, 0.29) is 17.7 Å². The zero-order valence-corrected chi connectivity index (χ0v) is 20.8. The second-order valence-corrected chi connectivity index (χ2v) is 10.3. The number of aryl methyl sites for hydroxylation is 1. The Morgan fingerprint density at radius 1 is 1.11 bits per heavy atom. The largest absolute Gasteiger partial charge is 0.444 e. The molecular weight excluding hydrogens is 464 g/mol.